The van der Waals surface area contributed by atoms with Gasteiger partial charge in [-0.15, -0.1) is 0 Å². The molecule has 1 atom stereocenters. The lowest BCUT2D eigenvalue weighted by Gasteiger charge is -2.12. The van der Waals surface area contributed by atoms with E-state index in [9.17, 15) is 8.78 Å². The second-order valence-electron chi connectivity index (χ2n) is 2.32. The molecule has 1 aliphatic rings. The molecule has 0 spiro atoms. The van der Waals surface area contributed by atoms with E-state index in [2.05, 4.69) is 5.32 Å². The minimum Gasteiger partial charge on any atom is -0.380 e. The van der Waals surface area contributed by atoms with Gasteiger partial charge in [-0.1, -0.05) is 0 Å². The molecule has 0 aromatic carbocycles. The van der Waals surface area contributed by atoms with Crippen molar-refractivity contribution in [2.24, 2.45) is 0 Å². The smallest absolute Gasteiger partial charge is 0.255 e. The molecule has 2 nitrogen and oxygen atoms in total. The summed E-state index contributed by atoms with van der Waals surface area (Å²) in [4.78, 5) is 0. The maximum Gasteiger partial charge on any atom is 0.255 e. The van der Waals surface area contributed by atoms with E-state index in [1.807, 2.05) is 0 Å². The molecular weight excluding hydrogens is 140 g/mol. The molecule has 0 bridgehead atoms. The van der Waals surface area contributed by atoms with Crippen molar-refractivity contribution >= 4 is 0 Å². The molecule has 1 heterocycles. The van der Waals surface area contributed by atoms with Crippen molar-refractivity contribution in [2.75, 3.05) is 19.8 Å². The Labute approximate surface area is 58.6 Å². The monoisotopic (exact) mass is 151 g/mol. The van der Waals surface area contributed by atoms with Gasteiger partial charge in [0, 0.05) is 6.61 Å². The van der Waals surface area contributed by atoms with E-state index >= 15 is 0 Å². The van der Waals surface area contributed by atoms with Crippen molar-refractivity contribution < 1.29 is 13.5 Å². The van der Waals surface area contributed by atoms with Crippen LogP contribution in [0.5, 0.6) is 0 Å². The number of ether oxygens (including phenoxy) is 1. The van der Waals surface area contributed by atoms with Crippen molar-refractivity contribution in [1.82, 2.24) is 5.32 Å². The third kappa shape index (κ3) is 2.19. The van der Waals surface area contributed by atoms with Gasteiger partial charge in [-0.2, -0.15) is 0 Å². The highest BCUT2D eigenvalue weighted by Crippen LogP contribution is 2.04. The van der Waals surface area contributed by atoms with Crippen molar-refractivity contribution in [3.8, 4) is 0 Å². The molecule has 1 fully saturated rings. The summed E-state index contributed by atoms with van der Waals surface area (Å²) in [5.41, 5.74) is 0. The fraction of sp³-hybridized carbons (Fsp3) is 1.00. The first-order chi connectivity index (χ1) is 4.80. The van der Waals surface area contributed by atoms with Gasteiger partial charge in [-0.25, -0.2) is 8.78 Å². The zero-order chi connectivity index (χ0) is 7.40. The molecule has 0 aliphatic carbocycles. The average molecular weight is 151 g/mol. The first-order valence-corrected chi connectivity index (χ1v) is 3.40. The first kappa shape index (κ1) is 7.88. The van der Waals surface area contributed by atoms with E-state index in [1.165, 1.54) is 0 Å². The van der Waals surface area contributed by atoms with E-state index in [-0.39, 0.29) is 6.61 Å². The van der Waals surface area contributed by atoms with Gasteiger partial charge < -0.3 is 10.1 Å². The van der Waals surface area contributed by atoms with Crippen LogP contribution >= 0.6 is 0 Å². The largest absolute Gasteiger partial charge is 0.380 e. The van der Waals surface area contributed by atoms with Gasteiger partial charge in [-0.3, -0.25) is 0 Å². The molecular formula is C6H11F2NO. The van der Waals surface area contributed by atoms with Crippen LogP contribution in [0.3, 0.4) is 0 Å². The van der Waals surface area contributed by atoms with Crippen LogP contribution in [0.2, 0.25) is 0 Å². The van der Waals surface area contributed by atoms with E-state index in [0.29, 0.717) is 13.2 Å². The van der Waals surface area contributed by atoms with Gasteiger partial charge in [0.25, 0.3) is 6.43 Å². The molecule has 1 saturated heterocycles. The number of alkyl halides is 2. The van der Waals surface area contributed by atoms with Crippen LogP contribution in [0, 0.1) is 0 Å². The third-order valence-electron chi connectivity index (χ3n) is 1.47. The summed E-state index contributed by atoms with van der Waals surface area (Å²) < 4.78 is 28.8. The molecule has 0 radical (unpaired) electrons. The fourth-order valence-electron chi connectivity index (χ4n) is 0.893. The Bertz CT molecular complexity index is 91.7. The molecule has 1 rings (SSSR count). The highest BCUT2D eigenvalue weighted by atomic mass is 19.3. The third-order valence-corrected chi connectivity index (χ3v) is 1.47. The highest BCUT2D eigenvalue weighted by molar-refractivity contribution is 4.70. The Morgan fingerprint density at radius 3 is 3.00 bits per heavy atom. The van der Waals surface area contributed by atoms with Crippen LogP contribution in [0.15, 0.2) is 0 Å². The zero-order valence-electron chi connectivity index (χ0n) is 5.65. The van der Waals surface area contributed by atoms with Crippen molar-refractivity contribution in [1.29, 1.82) is 0 Å². The minimum absolute atomic E-state index is 0.137. The van der Waals surface area contributed by atoms with Crippen LogP contribution < -0.4 is 5.32 Å². The molecule has 0 saturated carbocycles. The molecule has 0 aromatic heterocycles. The SMILES string of the molecule is FC(F)C1COCCCN1. The molecule has 10 heavy (non-hydrogen) atoms. The summed E-state index contributed by atoms with van der Waals surface area (Å²) in [6.45, 7) is 1.36. The maximum absolute atomic E-state index is 12.0. The average Bonchev–Trinajstić information content (AvgIpc) is 2.12. The Kier molecular flexibility index (Phi) is 3.02. The Hall–Kier alpha value is -0.220. The Balaban J connectivity index is 2.28. The van der Waals surface area contributed by atoms with Gasteiger partial charge in [0.05, 0.1) is 12.6 Å². The highest BCUT2D eigenvalue weighted by Gasteiger charge is 2.20. The predicted octanol–water partition coefficient (Wildman–Crippen LogP) is 0.630. The number of hydrogen-bond donors (Lipinski definition) is 1. The lowest BCUT2D eigenvalue weighted by Crippen LogP contribution is -2.37. The summed E-state index contributed by atoms with van der Waals surface area (Å²) in [6, 6.07) is -0.762. The van der Waals surface area contributed by atoms with Gasteiger partial charge in [0.15, 0.2) is 0 Å². The van der Waals surface area contributed by atoms with Crippen molar-refractivity contribution in [3.05, 3.63) is 0 Å². The van der Waals surface area contributed by atoms with E-state index in [1.54, 1.807) is 0 Å². The summed E-state index contributed by atoms with van der Waals surface area (Å²) in [6.07, 6.45) is -1.48. The maximum atomic E-state index is 12.0. The second-order valence-corrected chi connectivity index (χ2v) is 2.32. The number of nitrogens with one attached hydrogen (secondary N) is 1. The molecule has 1 N–H and O–H groups in total. The Morgan fingerprint density at radius 1 is 1.50 bits per heavy atom. The molecule has 60 valence electrons. The van der Waals surface area contributed by atoms with Crippen LogP contribution in [-0.2, 0) is 4.74 Å². The number of rotatable bonds is 1. The van der Waals surface area contributed by atoms with E-state index in [0.717, 1.165) is 6.42 Å². The van der Waals surface area contributed by atoms with Crippen molar-refractivity contribution in [2.45, 2.75) is 18.9 Å². The topological polar surface area (TPSA) is 21.3 Å². The van der Waals surface area contributed by atoms with Crippen LogP contribution in [0.1, 0.15) is 6.42 Å². The van der Waals surface area contributed by atoms with E-state index < -0.39 is 12.5 Å². The summed E-state index contributed by atoms with van der Waals surface area (Å²) in [5, 5.41) is 2.71. The molecule has 1 unspecified atom stereocenters. The fourth-order valence-corrected chi connectivity index (χ4v) is 0.893. The lowest BCUT2D eigenvalue weighted by molar-refractivity contribution is 0.0465. The quantitative estimate of drug-likeness (QED) is 0.593. The standard InChI is InChI=1S/C6H11F2NO/c7-6(8)5-4-10-3-1-2-9-5/h5-6,9H,1-4H2. The van der Waals surface area contributed by atoms with Gasteiger partial charge in [0.2, 0.25) is 0 Å². The molecule has 0 amide bonds. The molecule has 0 aromatic rings. The Morgan fingerprint density at radius 2 is 2.30 bits per heavy atom. The first-order valence-electron chi connectivity index (χ1n) is 3.40. The summed E-state index contributed by atoms with van der Waals surface area (Å²) in [7, 11) is 0. The summed E-state index contributed by atoms with van der Waals surface area (Å²) >= 11 is 0. The van der Waals surface area contributed by atoms with Gasteiger partial charge in [-0.05, 0) is 13.0 Å². The summed E-state index contributed by atoms with van der Waals surface area (Å²) in [5.74, 6) is 0. The second kappa shape index (κ2) is 3.83. The minimum atomic E-state index is -2.31. The van der Waals surface area contributed by atoms with Gasteiger partial charge >= 0.3 is 0 Å². The predicted molar refractivity (Wildman–Crippen MR) is 33.2 cm³/mol. The van der Waals surface area contributed by atoms with E-state index in [4.69, 9.17) is 4.74 Å². The van der Waals surface area contributed by atoms with Crippen LogP contribution in [0.25, 0.3) is 0 Å². The lowest BCUT2D eigenvalue weighted by atomic mass is 10.3. The molecule has 1 aliphatic heterocycles. The number of hydrogen-bond acceptors (Lipinski definition) is 2. The molecule has 4 heteroatoms. The zero-order valence-corrected chi connectivity index (χ0v) is 5.65. The normalized spacial score (nSPS) is 28.5. The van der Waals surface area contributed by atoms with Crippen LogP contribution in [0.4, 0.5) is 8.78 Å². The van der Waals surface area contributed by atoms with Crippen LogP contribution in [-0.4, -0.2) is 32.2 Å². The van der Waals surface area contributed by atoms with Crippen molar-refractivity contribution in [3.63, 3.8) is 0 Å². The van der Waals surface area contributed by atoms with Gasteiger partial charge in [0.1, 0.15) is 0 Å². The number of halogens is 2.